The Morgan fingerprint density at radius 3 is 2.23 bits per heavy atom. The Balaban J connectivity index is 3.00. The van der Waals surface area contributed by atoms with E-state index < -0.39 is 8.07 Å². The van der Waals surface area contributed by atoms with Gasteiger partial charge in [-0.2, -0.15) is 0 Å². The minimum atomic E-state index is -1.39. The van der Waals surface area contributed by atoms with E-state index in [2.05, 4.69) is 45.3 Å². The maximum Gasteiger partial charge on any atom is 0.338 e. The molecule has 0 aliphatic rings. The van der Waals surface area contributed by atoms with Gasteiger partial charge in [0.05, 0.1) is 20.2 Å². The van der Waals surface area contributed by atoms with Crippen LogP contribution in [-0.4, -0.2) is 20.7 Å². The zero-order valence-electron chi connectivity index (χ0n) is 14.7. The fourth-order valence-corrected chi connectivity index (χ4v) is 3.90. The zero-order valence-corrected chi connectivity index (χ0v) is 15.7. The molecule has 0 aromatic heterocycles. The molecule has 22 heavy (non-hydrogen) atoms. The Morgan fingerprint density at radius 1 is 1.18 bits per heavy atom. The summed E-state index contributed by atoms with van der Waals surface area (Å²) in [6.07, 6.45) is 3.53. The summed E-state index contributed by atoms with van der Waals surface area (Å²) in [4.78, 5) is 11.8. The number of esters is 1. The second kappa shape index (κ2) is 8.32. The maximum atomic E-state index is 11.8. The number of unbranched alkanes of at least 4 members (excludes halogenated alkanes) is 1. The molecule has 0 amide bonds. The fraction of sp³-hybridized carbons (Fsp3) is 0.526. The first-order valence-electron chi connectivity index (χ1n) is 8.27. The topological polar surface area (TPSA) is 26.3 Å². The van der Waals surface area contributed by atoms with Gasteiger partial charge in [-0.25, -0.2) is 4.79 Å². The Hall–Kier alpha value is -1.35. The maximum absolute atomic E-state index is 11.8. The molecule has 122 valence electrons. The van der Waals surface area contributed by atoms with Crippen LogP contribution in [0.3, 0.4) is 0 Å². The van der Waals surface area contributed by atoms with Crippen molar-refractivity contribution in [1.29, 1.82) is 0 Å². The van der Waals surface area contributed by atoms with Crippen molar-refractivity contribution in [3.8, 4) is 0 Å². The highest BCUT2D eigenvalue weighted by Crippen LogP contribution is 2.34. The van der Waals surface area contributed by atoms with Crippen LogP contribution in [0.1, 0.15) is 54.9 Å². The zero-order chi connectivity index (χ0) is 16.8. The number of hydrogen-bond acceptors (Lipinski definition) is 2. The first-order chi connectivity index (χ1) is 10.3. The SMILES string of the molecule is C=C(C(CCCC)c1ccc(C(=O)OCC)cc1)[Si](C)(C)C. The predicted octanol–water partition coefficient (Wildman–Crippen LogP) is 5.57. The highest BCUT2D eigenvalue weighted by atomic mass is 28.3. The molecule has 0 radical (unpaired) electrons. The van der Waals surface area contributed by atoms with Gasteiger partial charge in [-0.1, -0.05) is 56.7 Å². The van der Waals surface area contributed by atoms with Crippen LogP contribution in [0.4, 0.5) is 0 Å². The van der Waals surface area contributed by atoms with Gasteiger partial charge in [0, 0.05) is 5.92 Å². The van der Waals surface area contributed by atoms with Gasteiger partial charge in [0.25, 0.3) is 0 Å². The quantitative estimate of drug-likeness (QED) is 0.462. The van der Waals surface area contributed by atoms with E-state index in [-0.39, 0.29) is 5.97 Å². The van der Waals surface area contributed by atoms with Crippen molar-refractivity contribution in [2.45, 2.75) is 58.7 Å². The monoisotopic (exact) mass is 318 g/mol. The van der Waals surface area contributed by atoms with E-state index >= 15 is 0 Å². The van der Waals surface area contributed by atoms with Crippen molar-refractivity contribution in [3.63, 3.8) is 0 Å². The highest BCUT2D eigenvalue weighted by molar-refractivity contribution is 6.83. The van der Waals surface area contributed by atoms with Gasteiger partial charge in [0.1, 0.15) is 0 Å². The summed E-state index contributed by atoms with van der Waals surface area (Å²) in [6.45, 7) is 15.9. The molecule has 0 bridgehead atoms. The van der Waals surface area contributed by atoms with Crippen LogP contribution < -0.4 is 0 Å². The molecule has 1 unspecified atom stereocenters. The fourth-order valence-electron chi connectivity index (χ4n) is 2.54. The normalized spacial score (nSPS) is 12.8. The number of benzene rings is 1. The summed E-state index contributed by atoms with van der Waals surface area (Å²) in [5.74, 6) is 0.158. The van der Waals surface area contributed by atoms with Crippen LogP contribution in [0.5, 0.6) is 0 Å². The molecule has 0 saturated heterocycles. The molecule has 0 fully saturated rings. The van der Waals surface area contributed by atoms with Crippen molar-refractivity contribution in [1.82, 2.24) is 0 Å². The van der Waals surface area contributed by atoms with E-state index in [1.165, 1.54) is 23.6 Å². The van der Waals surface area contributed by atoms with Crippen LogP contribution in [0, 0.1) is 0 Å². The molecule has 0 aliphatic heterocycles. The number of rotatable bonds is 8. The summed E-state index contributed by atoms with van der Waals surface area (Å²) in [7, 11) is -1.39. The number of hydrogen-bond donors (Lipinski definition) is 0. The predicted molar refractivity (Wildman–Crippen MR) is 97.2 cm³/mol. The van der Waals surface area contributed by atoms with Crippen molar-refractivity contribution in [2.24, 2.45) is 0 Å². The summed E-state index contributed by atoms with van der Waals surface area (Å²) in [5.41, 5.74) is 1.90. The van der Waals surface area contributed by atoms with Crippen molar-refractivity contribution < 1.29 is 9.53 Å². The van der Waals surface area contributed by atoms with Gasteiger partial charge in [0.2, 0.25) is 0 Å². The standard InChI is InChI=1S/C19H30O2Si/c1-7-9-10-18(15(3)22(4,5)6)16-11-13-17(14-12-16)19(20)21-8-2/h11-14,18H,3,7-10H2,1-2,4-6H3. The van der Waals surface area contributed by atoms with Crippen LogP contribution in [0.25, 0.3) is 0 Å². The molecule has 1 aromatic carbocycles. The van der Waals surface area contributed by atoms with E-state index in [1.807, 2.05) is 19.1 Å². The Morgan fingerprint density at radius 2 is 1.77 bits per heavy atom. The molecule has 0 spiro atoms. The molecule has 0 N–H and O–H groups in total. The number of carbonyl (C=O) groups is 1. The number of carbonyl (C=O) groups excluding carboxylic acids is 1. The minimum absolute atomic E-state index is 0.247. The molecular weight excluding hydrogens is 288 g/mol. The molecule has 0 heterocycles. The summed E-state index contributed by atoms with van der Waals surface area (Å²) >= 11 is 0. The lowest BCUT2D eigenvalue weighted by atomic mass is 9.92. The smallest absolute Gasteiger partial charge is 0.338 e. The van der Waals surface area contributed by atoms with Gasteiger partial charge < -0.3 is 4.74 Å². The van der Waals surface area contributed by atoms with Crippen molar-refractivity contribution in [2.75, 3.05) is 6.61 Å². The van der Waals surface area contributed by atoms with Crippen molar-refractivity contribution in [3.05, 3.63) is 47.2 Å². The second-order valence-corrected chi connectivity index (χ2v) is 12.0. The first kappa shape index (κ1) is 18.7. The molecule has 0 aliphatic carbocycles. The van der Waals surface area contributed by atoms with Gasteiger partial charge in [-0.15, -0.1) is 6.58 Å². The van der Waals surface area contributed by atoms with Crippen molar-refractivity contribution >= 4 is 14.0 Å². The lowest BCUT2D eigenvalue weighted by Crippen LogP contribution is -2.27. The van der Waals surface area contributed by atoms with Crippen LogP contribution in [0.2, 0.25) is 19.6 Å². The van der Waals surface area contributed by atoms with Gasteiger partial charge in [0.15, 0.2) is 0 Å². The highest BCUT2D eigenvalue weighted by Gasteiger charge is 2.26. The van der Waals surface area contributed by atoms with Gasteiger partial charge >= 0.3 is 5.97 Å². The molecule has 0 saturated carbocycles. The van der Waals surface area contributed by atoms with E-state index in [4.69, 9.17) is 4.74 Å². The summed E-state index contributed by atoms with van der Waals surface area (Å²) in [6, 6.07) is 7.89. The van der Waals surface area contributed by atoms with E-state index in [9.17, 15) is 4.79 Å². The van der Waals surface area contributed by atoms with E-state index in [0.29, 0.717) is 18.1 Å². The third-order valence-electron chi connectivity index (χ3n) is 4.05. The van der Waals surface area contributed by atoms with Gasteiger partial charge in [-0.05, 0) is 31.0 Å². The third-order valence-corrected chi connectivity index (χ3v) is 6.33. The van der Waals surface area contributed by atoms with Gasteiger partial charge in [-0.3, -0.25) is 0 Å². The minimum Gasteiger partial charge on any atom is -0.462 e. The lowest BCUT2D eigenvalue weighted by molar-refractivity contribution is 0.0526. The van der Waals surface area contributed by atoms with E-state index in [0.717, 1.165) is 6.42 Å². The Kier molecular flexibility index (Phi) is 7.07. The molecular formula is C19H30O2Si. The average Bonchev–Trinajstić information content (AvgIpc) is 2.47. The van der Waals surface area contributed by atoms with Crippen LogP contribution in [-0.2, 0) is 4.74 Å². The van der Waals surface area contributed by atoms with Crippen LogP contribution in [0.15, 0.2) is 36.0 Å². The molecule has 1 aromatic rings. The summed E-state index contributed by atoms with van der Waals surface area (Å²) < 4.78 is 5.05. The first-order valence-corrected chi connectivity index (χ1v) is 11.8. The molecule has 3 heteroatoms. The summed E-state index contributed by atoms with van der Waals surface area (Å²) in [5, 5.41) is 1.39. The molecule has 1 rings (SSSR count). The van der Waals surface area contributed by atoms with E-state index in [1.54, 1.807) is 0 Å². The average molecular weight is 319 g/mol. The number of ether oxygens (including phenoxy) is 1. The third kappa shape index (κ3) is 5.13. The second-order valence-electron chi connectivity index (χ2n) is 6.81. The Bertz CT molecular complexity index is 497. The largest absolute Gasteiger partial charge is 0.462 e. The number of allylic oxidation sites excluding steroid dienone is 1. The molecule has 2 nitrogen and oxygen atoms in total. The Labute approximate surface area is 136 Å². The lowest BCUT2D eigenvalue weighted by Gasteiger charge is -2.29. The van der Waals surface area contributed by atoms with Crippen LogP contribution >= 0.6 is 0 Å². The molecule has 1 atom stereocenters.